The van der Waals surface area contributed by atoms with Crippen LogP contribution in [0.2, 0.25) is 0 Å². The molecule has 0 fully saturated rings. The van der Waals surface area contributed by atoms with Crippen molar-refractivity contribution in [3.63, 3.8) is 0 Å². The summed E-state index contributed by atoms with van der Waals surface area (Å²) in [5.41, 5.74) is 6.07. The molecule has 7 heteroatoms. The quantitative estimate of drug-likeness (QED) is 0.522. The fourth-order valence-electron chi connectivity index (χ4n) is 1.13. The Morgan fingerprint density at radius 1 is 1.47 bits per heavy atom. The van der Waals surface area contributed by atoms with Gasteiger partial charge in [0.1, 0.15) is 0 Å². The second kappa shape index (κ2) is 5.72. The zero-order chi connectivity index (χ0) is 13.1. The normalized spacial score (nSPS) is 13.6. The van der Waals surface area contributed by atoms with E-state index in [1.807, 2.05) is 0 Å². The van der Waals surface area contributed by atoms with Crippen LogP contribution in [0.5, 0.6) is 0 Å². The third-order valence-electron chi connectivity index (χ3n) is 2.05. The van der Waals surface area contributed by atoms with E-state index in [-0.39, 0.29) is 11.5 Å². The molecule has 1 atom stereocenters. The second-order valence-corrected chi connectivity index (χ2v) is 6.70. The highest BCUT2D eigenvalue weighted by molar-refractivity contribution is 7.99. The highest BCUT2D eigenvalue weighted by Gasteiger charge is 2.11. The molecule has 4 N–H and O–H groups in total. The lowest BCUT2D eigenvalue weighted by Gasteiger charge is -2.09. The molecule has 0 heterocycles. The van der Waals surface area contributed by atoms with Crippen LogP contribution < -0.4 is 5.73 Å². The van der Waals surface area contributed by atoms with E-state index in [9.17, 15) is 13.5 Å². The van der Waals surface area contributed by atoms with E-state index in [0.29, 0.717) is 16.3 Å². The number of anilines is 1. The smallest absolute Gasteiger partial charge is 0.175 e. The molecule has 96 valence electrons. The van der Waals surface area contributed by atoms with Gasteiger partial charge in [0.2, 0.25) is 0 Å². The molecule has 1 aromatic rings. The van der Waals surface area contributed by atoms with Gasteiger partial charge in [0.05, 0.1) is 17.6 Å². The maximum absolute atomic E-state index is 11.3. The first kappa shape index (κ1) is 14.3. The summed E-state index contributed by atoms with van der Waals surface area (Å²) < 4.78 is 22.5. The highest BCUT2D eigenvalue weighted by Crippen LogP contribution is 2.27. The number of aliphatic hydroxyl groups excluding tert-OH is 2. The van der Waals surface area contributed by atoms with Gasteiger partial charge in [-0.25, -0.2) is 8.42 Å². The predicted octanol–water partition coefficient (Wildman–Crippen LogP) is 0.118. The Labute approximate surface area is 105 Å². The van der Waals surface area contributed by atoms with Crippen molar-refractivity contribution in [1.82, 2.24) is 0 Å². The van der Waals surface area contributed by atoms with Crippen molar-refractivity contribution < 1.29 is 18.6 Å². The number of rotatable bonds is 5. The number of hydrogen-bond acceptors (Lipinski definition) is 6. The van der Waals surface area contributed by atoms with Crippen molar-refractivity contribution in [1.29, 1.82) is 0 Å². The molecule has 0 aliphatic carbocycles. The molecule has 0 amide bonds. The molecule has 0 saturated carbocycles. The molecule has 0 aromatic heterocycles. The van der Waals surface area contributed by atoms with Crippen molar-refractivity contribution in [3.8, 4) is 0 Å². The minimum atomic E-state index is -3.26. The van der Waals surface area contributed by atoms with Crippen molar-refractivity contribution in [2.45, 2.75) is 15.9 Å². The summed E-state index contributed by atoms with van der Waals surface area (Å²) in [6.45, 7) is -0.311. The Bertz CT molecular complexity index is 487. The fourth-order valence-corrected chi connectivity index (χ4v) is 2.65. The van der Waals surface area contributed by atoms with Gasteiger partial charge >= 0.3 is 0 Å². The molecule has 0 aliphatic heterocycles. The van der Waals surface area contributed by atoms with E-state index in [1.165, 1.54) is 23.9 Å². The number of aliphatic hydroxyl groups is 2. The Morgan fingerprint density at radius 2 is 2.12 bits per heavy atom. The lowest BCUT2D eigenvalue weighted by molar-refractivity contribution is 0.113. The SMILES string of the molecule is CS(=O)(=O)c1ccc(SCC(O)CO)c(N)c1. The summed E-state index contributed by atoms with van der Waals surface area (Å²) in [5.74, 6) is 0.304. The lowest BCUT2D eigenvalue weighted by atomic mass is 10.3. The van der Waals surface area contributed by atoms with Crippen LogP contribution in [0, 0.1) is 0 Å². The third kappa shape index (κ3) is 4.19. The maximum atomic E-state index is 11.3. The van der Waals surface area contributed by atoms with Gasteiger partial charge in [0, 0.05) is 22.6 Å². The molecular weight excluding hydrogens is 262 g/mol. The molecule has 0 aliphatic rings. The van der Waals surface area contributed by atoms with Crippen molar-refractivity contribution in [2.24, 2.45) is 0 Å². The van der Waals surface area contributed by atoms with Gasteiger partial charge in [-0.05, 0) is 18.2 Å². The van der Waals surface area contributed by atoms with E-state index in [1.54, 1.807) is 6.07 Å². The first-order valence-corrected chi connectivity index (χ1v) is 7.73. The third-order valence-corrected chi connectivity index (χ3v) is 4.40. The van der Waals surface area contributed by atoms with Gasteiger partial charge < -0.3 is 15.9 Å². The molecular formula is C10H15NO4S2. The van der Waals surface area contributed by atoms with Gasteiger partial charge in [-0.3, -0.25) is 0 Å². The number of hydrogen-bond donors (Lipinski definition) is 3. The van der Waals surface area contributed by atoms with E-state index in [0.717, 1.165) is 6.26 Å². The van der Waals surface area contributed by atoms with Crippen LogP contribution in [0.25, 0.3) is 0 Å². The molecule has 1 unspecified atom stereocenters. The summed E-state index contributed by atoms with van der Waals surface area (Å²) in [5, 5.41) is 17.8. The predicted molar refractivity (Wildman–Crippen MR) is 67.8 cm³/mol. The molecule has 1 aromatic carbocycles. The standard InChI is InChI=1S/C10H15NO4S2/c1-17(14,15)8-2-3-10(9(11)4-8)16-6-7(13)5-12/h2-4,7,12-13H,5-6,11H2,1H3. The minimum absolute atomic E-state index is 0.169. The van der Waals surface area contributed by atoms with Crippen LogP contribution in [0.3, 0.4) is 0 Å². The molecule has 1 rings (SSSR count). The van der Waals surface area contributed by atoms with Crippen LogP contribution in [-0.4, -0.2) is 43.4 Å². The average Bonchev–Trinajstić information content (AvgIpc) is 2.25. The topological polar surface area (TPSA) is 101 Å². The van der Waals surface area contributed by atoms with Crippen LogP contribution in [0.15, 0.2) is 28.0 Å². The first-order valence-electron chi connectivity index (χ1n) is 4.86. The maximum Gasteiger partial charge on any atom is 0.175 e. The number of sulfone groups is 1. The summed E-state index contributed by atoms with van der Waals surface area (Å²) in [6.07, 6.45) is 0.304. The number of nitrogens with two attached hydrogens (primary N) is 1. The molecule has 0 spiro atoms. The Kier molecular flexibility index (Phi) is 4.81. The minimum Gasteiger partial charge on any atom is -0.398 e. The highest BCUT2D eigenvalue weighted by atomic mass is 32.2. The zero-order valence-electron chi connectivity index (χ0n) is 9.33. The average molecular weight is 277 g/mol. The fraction of sp³-hybridized carbons (Fsp3) is 0.400. The van der Waals surface area contributed by atoms with Gasteiger partial charge in [-0.1, -0.05) is 0 Å². The second-order valence-electron chi connectivity index (χ2n) is 3.62. The van der Waals surface area contributed by atoms with Crippen molar-refractivity contribution >= 4 is 27.3 Å². The largest absolute Gasteiger partial charge is 0.398 e. The molecule has 0 saturated heterocycles. The molecule has 5 nitrogen and oxygen atoms in total. The summed E-state index contributed by atoms with van der Waals surface area (Å²) in [4.78, 5) is 0.854. The zero-order valence-corrected chi connectivity index (χ0v) is 11.0. The van der Waals surface area contributed by atoms with E-state index >= 15 is 0 Å². The Balaban J connectivity index is 2.84. The monoisotopic (exact) mass is 277 g/mol. The van der Waals surface area contributed by atoms with Crippen LogP contribution in [0.1, 0.15) is 0 Å². The van der Waals surface area contributed by atoms with Crippen LogP contribution >= 0.6 is 11.8 Å². The van der Waals surface area contributed by atoms with Gasteiger partial charge in [-0.15, -0.1) is 11.8 Å². The lowest BCUT2D eigenvalue weighted by Crippen LogP contribution is -2.14. The van der Waals surface area contributed by atoms with Crippen molar-refractivity contribution in [2.75, 3.05) is 24.3 Å². The summed E-state index contributed by atoms with van der Waals surface area (Å²) in [7, 11) is -3.26. The molecule has 0 bridgehead atoms. The number of benzene rings is 1. The number of thioether (sulfide) groups is 1. The van der Waals surface area contributed by atoms with Crippen molar-refractivity contribution in [3.05, 3.63) is 18.2 Å². The van der Waals surface area contributed by atoms with E-state index in [4.69, 9.17) is 10.8 Å². The molecule has 17 heavy (non-hydrogen) atoms. The van der Waals surface area contributed by atoms with E-state index in [2.05, 4.69) is 0 Å². The van der Waals surface area contributed by atoms with Gasteiger partial charge in [-0.2, -0.15) is 0 Å². The van der Waals surface area contributed by atoms with Crippen LogP contribution in [0.4, 0.5) is 5.69 Å². The van der Waals surface area contributed by atoms with Crippen LogP contribution in [-0.2, 0) is 9.84 Å². The Hall–Kier alpha value is -0.760. The van der Waals surface area contributed by atoms with Gasteiger partial charge in [0.25, 0.3) is 0 Å². The summed E-state index contributed by atoms with van der Waals surface area (Å²) in [6, 6.07) is 4.46. The first-order chi connectivity index (χ1) is 7.84. The Morgan fingerprint density at radius 3 is 2.59 bits per heavy atom. The van der Waals surface area contributed by atoms with Gasteiger partial charge in [0.15, 0.2) is 9.84 Å². The summed E-state index contributed by atoms with van der Waals surface area (Å²) >= 11 is 1.27. The van der Waals surface area contributed by atoms with E-state index < -0.39 is 15.9 Å². The molecule has 0 radical (unpaired) electrons. The number of nitrogen functional groups attached to an aromatic ring is 1.